The van der Waals surface area contributed by atoms with Crippen molar-refractivity contribution in [2.45, 2.75) is 21.0 Å². The predicted molar refractivity (Wildman–Crippen MR) is 81.5 cm³/mol. The van der Waals surface area contributed by atoms with Gasteiger partial charge in [0, 0.05) is 9.92 Å². The standard InChI is InChI=1S/C11H11Cl4NO2S/c1-2-18-10(17)16-9(11(13,14)15)19-8-5-3-7(12)4-6-8/h3-6,9H,2H2,1H3,(H,16,17)/t9-/m0/s1. The SMILES string of the molecule is CCOC(=O)N[C@@H](Sc1ccc(Cl)cc1)C(Cl)(Cl)Cl. The molecule has 1 rings (SSSR count). The number of benzene rings is 1. The summed E-state index contributed by atoms with van der Waals surface area (Å²) in [5, 5.41) is 2.32. The van der Waals surface area contributed by atoms with Crippen LogP contribution in [0.25, 0.3) is 0 Å². The van der Waals surface area contributed by atoms with Crippen LogP contribution in [0, 0.1) is 0 Å². The number of carbonyl (C=O) groups excluding carboxylic acids is 1. The molecule has 106 valence electrons. The lowest BCUT2D eigenvalue weighted by molar-refractivity contribution is 0.151. The molecule has 0 bridgehead atoms. The summed E-state index contributed by atoms with van der Waals surface area (Å²) in [6.45, 7) is 1.93. The van der Waals surface area contributed by atoms with Crippen molar-refractivity contribution in [1.82, 2.24) is 5.32 Å². The van der Waals surface area contributed by atoms with Crippen LogP contribution < -0.4 is 5.32 Å². The topological polar surface area (TPSA) is 38.3 Å². The van der Waals surface area contributed by atoms with E-state index in [9.17, 15) is 4.79 Å². The Morgan fingerprint density at radius 2 is 1.95 bits per heavy atom. The van der Waals surface area contributed by atoms with Crippen LogP contribution in [-0.4, -0.2) is 21.9 Å². The number of rotatable bonds is 4. The number of carbonyl (C=O) groups is 1. The van der Waals surface area contributed by atoms with Crippen LogP contribution in [0.3, 0.4) is 0 Å². The lowest BCUT2D eigenvalue weighted by Gasteiger charge is -2.24. The number of amides is 1. The molecule has 1 aromatic rings. The van der Waals surface area contributed by atoms with Crippen molar-refractivity contribution in [3.8, 4) is 0 Å². The number of alkyl halides is 3. The lowest BCUT2D eigenvalue weighted by Crippen LogP contribution is -2.41. The average Bonchev–Trinajstić information content (AvgIpc) is 2.30. The molecule has 0 aliphatic heterocycles. The molecule has 0 heterocycles. The smallest absolute Gasteiger partial charge is 0.408 e. The van der Waals surface area contributed by atoms with Crippen LogP contribution in [-0.2, 0) is 4.74 Å². The Morgan fingerprint density at radius 1 is 1.37 bits per heavy atom. The molecule has 0 radical (unpaired) electrons. The highest BCUT2D eigenvalue weighted by Gasteiger charge is 2.35. The molecule has 0 saturated carbocycles. The zero-order valence-corrected chi connectivity index (χ0v) is 13.7. The molecule has 0 aliphatic carbocycles. The highest BCUT2D eigenvalue weighted by molar-refractivity contribution is 8.00. The summed E-state index contributed by atoms with van der Waals surface area (Å²) in [5.74, 6) is 0. The number of thioether (sulfide) groups is 1. The van der Waals surface area contributed by atoms with Gasteiger partial charge in [-0.25, -0.2) is 4.79 Å². The van der Waals surface area contributed by atoms with Crippen molar-refractivity contribution in [3.63, 3.8) is 0 Å². The first-order chi connectivity index (χ1) is 8.82. The second-order valence-electron chi connectivity index (χ2n) is 3.36. The zero-order chi connectivity index (χ0) is 14.5. The van der Waals surface area contributed by atoms with Gasteiger partial charge in [-0.1, -0.05) is 58.2 Å². The Bertz CT molecular complexity index is 422. The molecule has 0 aromatic heterocycles. The minimum atomic E-state index is -1.67. The van der Waals surface area contributed by atoms with E-state index in [0.717, 1.165) is 4.90 Å². The molecule has 1 N–H and O–H groups in total. The van der Waals surface area contributed by atoms with E-state index >= 15 is 0 Å². The molecular weight excluding hydrogens is 352 g/mol. The molecule has 3 nitrogen and oxygen atoms in total. The normalized spacial score (nSPS) is 12.9. The Kier molecular flexibility index (Phi) is 6.91. The molecule has 0 unspecified atom stereocenters. The molecule has 8 heteroatoms. The van der Waals surface area contributed by atoms with Crippen LogP contribution in [0.5, 0.6) is 0 Å². The van der Waals surface area contributed by atoms with Gasteiger partial charge in [-0.05, 0) is 31.2 Å². The number of hydrogen-bond donors (Lipinski definition) is 1. The third-order valence-corrected chi connectivity index (χ3v) is 4.44. The fourth-order valence-electron chi connectivity index (χ4n) is 1.11. The summed E-state index contributed by atoms with van der Waals surface area (Å²) in [5.41, 5.74) is 0. The van der Waals surface area contributed by atoms with Crippen LogP contribution in [0.4, 0.5) is 4.79 Å². The Labute approximate surface area is 135 Å². The minimum Gasteiger partial charge on any atom is -0.450 e. The lowest BCUT2D eigenvalue weighted by atomic mass is 10.4. The van der Waals surface area contributed by atoms with Crippen molar-refractivity contribution < 1.29 is 9.53 Å². The van der Waals surface area contributed by atoms with Gasteiger partial charge in [0.1, 0.15) is 5.37 Å². The van der Waals surface area contributed by atoms with Crippen molar-refractivity contribution in [2.75, 3.05) is 6.61 Å². The third kappa shape index (κ3) is 6.32. The minimum absolute atomic E-state index is 0.240. The molecule has 0 fully saturated rings. The third-order valence-electron chi connectivity index (χ3n) is 1.89. The summed E-state index contributed by atoms with van der Waals surface area (Å²) in [4.78, 5) is 12.2. The van der Waals surface area contributed by atoms with Gasteiger partial charge in [0.05, 0.1) is 6.61 Å². The van der Waals surface area contributed by atoms with E-state index in [0.29, 0.717) is 5.02 Å². The van der Waals surface area contributed by atoms with Crippen LogP contribution in [0.2, 0.25) is 5.02 Å². The first-order valence-corrected chi connectivity index (χ1v) is 7.64. The Hall–Kier alpha value is -0.000000000000000111. The summed E-state index contributed by atoms with van der Waals surface area (Å²) in [6, 6.07) is 6.96. The fraction of sp³-hybridized carbons (Fsp3) is 0.364. The van der Waals surface area contributed by atoms with Crippen LogP contribution >= 0.6 is 58.2 Å². The zero-order valence-electron chi connectivity index (χ0n) is 9.83. The molecule has 0 spiro atoms. The van der Waals surface area contributed by atoms with Gasteiger partial charge in [-0.2, -0.15) is 0 Å². The van der Waals surface area contributed by atoms with E-state index in [4.69, 9.17) is 51.1 Å². The second kappa shape index (κ2) is 7.70. The van der Waals surface area contributed by atoms with E-state index in [-0.39, 0.29) is 6.61 Å². The first kappa shape index (κ1) is 17.1. The molecule has 1 aromatic carbocycles. The summed E-state index contributed by atoms with van der Waals surface area (Å²) in [7, 11) is 0. The van der Waals surface area contributed by atoms with Gasteiger partial charge in [-0.3, -0.25) is 0 Å². The molecule has 19 heavy (non-hydrogen) atoms. The maximum absolute atomic E-state index is 11.4. The van der Waals surface area contributed by atoms with E-state index in [1.165, 1.54) is 11.8 Å². The number of ether oxygens (including phenoxy) is 1. The van der Waals surface area contributed by atoms with Crippen LogP contribution in [0.1, 0.15) is 6.92 Å². The molecule has 1 atom stereocenters. The quantitative estimate of drug-likeness (QED) is 0.471. The van der Waals surface area contributed by atoms with E-state index in [2.05, 4.69) is 5.32 Å². The molecule has 1 amide bonds. The monoisotopic (exact) mass is 361 g/mol. The number of hydrogen-bond acceptors (Lipinski definition) is 3. The van der Waals surface area contributed by atoms with Gasteiger partial charge in [-0.15, -0.1) is 0 Å². The van der Waals surface area contributed by atoms with E-state index in [1.807, 2.05) is 0 Å². The first-order valence-electron chi connectivity index (χ1n) is 5.25. The highest BCUT2D eigenvalue weighted by atomic mass is 35.6. The van der Waals surface area contributed by atoms with Crippen molar-refractivity contribution in [1.29, 1.82) is 0 Å². The maximum Gasteiger partial charge on any atom is 0.408 e. The number of nitrogens with one attached hydrogen (secondary N) is 1. The van der Waals surface area contributed by atoms with E-state index < -0.39 is 15.3 Å². The number of halogens is 4. The van der Waals surface area contributed by atoms with Crippen molar-refractivity contribution in [3.05, 3.63) is 29.3 Å². The molecule has 0 aliphatic rings. The fourth-order valence-corrected chi connectivity index (χ4v) is 2.65. The Balaban J connectivity index is 2.75. The number of alkyl carbamates (subject to hydrolysis) is 1. The average molecular weight is 363 g/mol. The van der Waals surface area contributed by atoms with Gasteiger partial charge < -0.3 is 10.1 Å². The summed E-state index contributed by atoms with van der Waals surface area (Å²) >= 11 is 24.5. The molecule has 0 saturated heterocycles. The van der Waals surface area contributed by atoms with E-state index in [1.54, 1.807) is 31.2 Å². The van der Waals surface area contributed by atoms with Crippen molar-refractivity contribution in [2.24, 2.45) is 0 Å². The molecular formula is C11H11Cl4NO2S. The summed E-state index contributed by atoms with van der Waals surface area (Å²) in [6.07, 6.45) is -0.639. The van der Waals surface area contributed by atoms with Gasteiger partial charge in [0.2, 0.25) is 3.79 Å². The van der Waals surface area contributed by atoms with Crippen molar-refractivity contribution >= 4 is 64.3 Å². The van der Waals surface area contributed by atoms with Crippen LogP contribution in [0.15, 0.2) is 29.2 Å². The van der Waals surface area contributed by atoms with Gasteiger partial charge >= 0.3 is 6.09 Å². The second-order valence-corrected chi connectivity index (χ2v) is 7.34. The predicted octanol–water partition coefficient (Wildman–Crippen LogP) is 4.87. The highest BCUT2D eigenvalue weighted by Crippen LogP contribution is 2.39. The van der Waals surface area contributed by atoms with Gasteiger partial charge in [0.15, 0.2) is 0 Å². The van der Waals surface area contributed by atoms with Gasteiger partial charge in [0.25, 0.3) is 0 Å². The largest absolute Gasteiger partial charge is 0.450 e. The maximum atomic E-state index is 11.4. The summed E-state index contributed by atoms with van der Waals surface area (Å²) < 4.78 is 3.09. The Morgan fingerprint density at radius 3 is 2.42 bits per heavy atom.